The molecular formula is C15H8ClF2N3OS. The lowest BCUT2D eigenvalue weighted by atomic mass is 10.1. The van der Waals surface area contributed by atoms with Gasteiger partial charge in [-0.2, -0.15) is 0 Å². The van der Waals surface area contributed by atoms with Crippen LogP contribution in [0.1, 0.15) is 10.4 Å². The second kappa shape index (κ2) is 6.39. The van der Waals surface area contributed by atoms with E-state index in [9.17, 15) is 13.6 Å². The summed E-state index contributed by atoms with van der Waals surface area (Å²) in [7, 11) is 0. The first kappa shape index (κ1) is 15.5. The number of halogens is 3. The summed E-state index contributed by atoms with van der Waals surface area (Å²) in [6, 6.07) is 8.80. The molecule has 1 heterocycles. The van der Waals surface area contributed by atoms with Crippen molar-refractivity contribution < 1.29 is 13.6 Å². The number of nitrogens with one attached hydrogen (secondary N) is 1. The molecule has 0 radical (unpaired) electrons. The van der Waals surface area contributed by atoms with Crippen LogP contribution in [0, 0.1) is 11.6 Å². The summed E-state index contributed by atoms with van der Waals surface area (Å²) in [5.74, 6) is -2.72. The number of hydrogen-bond donors (Lipinski definition) is 1. The van der Waals surface area contributed by atoms with E-state index in [0.29, 0.717) is 5.69 Å². The Labute approximate surface area is 138 Å². The van der Waals surface area contributed by atoms with Crippen molar-refractivity contribution in [1.29, 1.82) is 0 Å². The van der Waals surface area contributed by atoms with E-state index in [1.165, 1.54) is 11.3 Å². The van der Waals surface area contributed by atoms with E-state index >= 15 is 0 Å². The molecule has 8 heteroatoms. The Morgan fingerprint density at radius 3 is 2.52 bits per heavy atom. The molecule has 1 amide bonds. The molecular weight excluding hydrogens is 344 g/mol. The van der Waals surface area contributed by atoms with Crippen molar-refractivity contribution in [2.75, 3.05) is 5.32 Å². The van der Waals surface area contributed by atoms with Crippen molar-refractivity contribution in [1.82, 2.24) is 10.2 Å². The normalized spacial score (nSPS) is 10.6. The third-order valence-electron chi connectivity index (χ3n) is 3.03. The highest BCUT2D eigenvalue weighted by Gasteiger charge is 2.17. The van der Waals surface area contributed by atoms with E-state index in [1.54, 1.807) is 29.8 Å². The average molecular weight is 352 g/mol. The predicted molar refractivity (Wildman–Crippen MR) is 84.7 cm³/mol. The lowest BCUT2D eigenvalue weighted by Gasteiger charge is -2.08. The van der Waals surface area contributed by atoms with Crippen molar-refractivity contribution >= 4 is 34.5 Å². The van der Waals surface area contributed by atoms with Gasteiger partial charge in [-0.25, -0.2) is 8.78 Å². The minimum Gasteiger partial charge on any atom is -0.322 e. The number of carbonyl (C=O) groups excluding carboxylic acids is 1. The number of hydrogen-bond acceptors (Lipinski definition) is 4. The molecule has 0 atom stereocenters. The van der Waals surface area contributed by atoms with Crippen LogP contribution in [0.2, 0.25) is 5.02 Å². The highest BCUT2D eigenvalue weighted by Crippen LogP contribution is 2.24. The number of amides is 1. The predicted octanol–water partition coefficient (Wildman–Crippen LogP) is 4.39. The number of aromatic nitrogens is 2. The fourth-order valence-corrected chi connectivity index (χ4v) is 2.62. The first-order valence-electron chi connectivity index (χ1n) is 6.37. The van der Waals surface area contributed by atoms with Gasteiger partial charge in [0.15, 0.2) is 5.82 Å². The third kappa shape index (κ3) is 3.20. The van der Waals surface area contributed by atoms with Gasteiger partial charge in [-0.1, -0.05) is 22.9 Å². The molecule has 1 N–H and O–H groups in total. The van der Waals surface area contributed by atoms with E-state index in [-0.39, 0.29) is 5.56 Å². The maximum Gasteiger partial charge on any atom is 0.258 e. The molecule has 1 aromatic heterocycles. The minimum absolute atomic E-state index is 0.329. The van der Waals surface area contributed by atoms with Gasteiger partial charge in [0.1, 0.15) is 21.4 Å². The Balaban J connectivity index is 1.79. The Morgan fingerprint density at radius 1 is 1.13 bits per heavy atom. The largest absolute Gasteiger partial charge is 0.322 e. The van der Waals surface area contributed by atoms with Crippen molar-refractivity contribution in [3.05, 3.63) is 64.1 Å². The molecule has 4 nitrogen and oxygen atoms in total. The molecule has 116 valence electrons. The third-order valence-corrected chi connectivity index (χ3v) is 4.12. The van der Waals surface area contributed by atoms with Crippen molar-refractivity contribution in [2.24, 2.45) is 0 Å². The van der Waals surface area contributed by atoms with Crippen LogP contribution in [-0.2, 0) is 0 Å². The Kier molecular flexibility index (Phi) is 4.31. The summed E-state index contributed by atoms with van der Waals surface area (Å²) in [4.78, 5) is 12.1. The van der Waals surface area contributed by atoms with Crippen molar-refractivity contribution in [3.63, 3.8) is 0 Å². The Bertz CT molecular complexity index is 854. The number of nitrogens with zero attached hydrogens (tertiary/aromatic N) is 2. The van der Waals surface area contributed by atoms with Crippen LogP contribution >= 0.6 is 22.9 Å². The fourth-order valence-electron chi connectivity index (χ4n) is 1.89. The quantitative estimate of drug-likeness (QED) is 0.712. The average Bonchev–Trinajstić information content (AvgIpc) is 3.08. The molecule has 0 spiro atoms. The minimum atomic E-state index is -1.09. The smallest absolute Gasteiger partial charge is 0.258 e. The molecule has 2 aromatic carbocycles. The number of rotatable bonds is 3. The lowest BCUT2D eigenvalue weighted by Crippen LogP contribution is -2.14. The Hall–Kier alpha value is -2.38. The first-order chi connectivity index (χ1) is 11.1. The van der Waals surface area contributed by atoms with Gasteiger partial charge in [-0.3, -0.25) is 4.79 Å². The number of carbonyl (C=O) groups is 1. The van der Waals surface area contributed by atoms with E-state index in [0.717, 1.165) is 22.7 Å². The molecule has 23 heavy (non-hydrogen) atoms. The maximum atomic E-state index is 13.8. The van der Waals surface area contributed by atoms with Gasteiger partial charge in [-0.05, 0) is 36.4 Å². The second-order valence-electron chi connectivity index (χ2n) is 4.50. The van der Waals surface area contributed by atoms with E-state index < -0.39 is 22.6 Å². The molecule has 0 saturated carbocycles. The monoisotopic (exact) mass is 351 g/mol. The zero-order valence-corrected chi connectivity index (χ0v) is 13.0. The summed E-state index contributed by atoms with van der Waals surface area (Å²) in [5, 5.41) is 10.3. The van der Waals surface area contributed by atoms with Gasteiger partial charge in [0, 0.05) is 11.3 Å². The van der Waals surface area contributed by atoms with Crippen molar-refractivity contribution in [2.45, 2.75) is 0 Å². The van der Waals surface area contributed by atoms with Crippen LogP contribution < -0.4 is 5.32 Å². The molecule has 0 bridgehead atoms. The highest BCUT2D eigenvalue weighted by molar-refractivity contribution is 7.12. The molecule has 0 aliphatic carbocycles. The summed E-state index contributed by atoms with van der Waals surface area (Å²) >= 11 is 6.85. The first-order valence-corrected chi connectivity index (χ1v) is 7.63. The highest BCUT2D eigenvalue weighted by atomic mass is 35.5. The van der Waals surface area contributed by atoms with Gasteiger partial charge < -0.3 is 5.32 Å². The van der Waals surface area contributed by atoms with Crippen molar-refractivity contribution in [3.8, 4) is 10.6 Å². The van der Waals surface area contributed by atoms with Gasteiger partial charge in [0.05, 0.1) is 5.56 Å². The molecule has 3 aromatic rings. The summed E-state index contributed by atoms with van der Waals surface area (Å²) < 4.78 is 26.9. The molecule has 0 fully saturated rings. The standard InChI is InChI=1S/C15H8ClF2N3OS/c16-12-11(17)6-5-10(13(12)18)14(22)20-9-3-1-8(2-4-9)15-21-19-7-23-15/h1-7H,(H,20,22). The van der Waals surface area contributed by atoms with Gasteiger partial charge in [0.2, 0.25) is 0 Å². The van der Waals surface area contributed by atoms with Gasteiger partial charge >= 0.3 is 0 Å². The van der Waals surface area contributed by atoms with E-state index in [1.807, 2.05) is 0 Å². The van der Waals surface area contributed by atoms with Crippen LogP contribution in [0.4, 0.5) is 14.5 Å². The SMILES string of the molecule is O=C(Nc1ccc(-c2nncs2)cc1)c1ccc(F)c(Cl)c1F. The second-order valence-corrected chi connectivity index (χ2v) is 5.71. The topological polar surface area (TPSA) is 54.9 Å². The van der Waals surface area contributed by atoms with E-state index in [2.05, 4.69) is 15.5 Å². The van der Waals surface area contributed by atoms with Gasteiger partial charge in [-0.15, -0.1) is 10.2 Å². The Morgan fingerprint density at radius 2 is 1.87 bits per heavy atom. The van der Waals surface area contributed by atoms with Crippen LogP contribution in [0.5, 0.6) is 0 Å². The number of benzene rings is 2. The van der Waals surface area contributed by atoms with Crippen LogP contribution in [-0.4, -0.2) is 16.1 Å². The lowest BCUT2D eigenvalue weighted by molar-refractivity contribution is 0.102. The molecule has 0 aliphatic rings. The molecule has 0 saturated heterocycles. The van der Waals surface area contributed by atoms with Gasteiger partial charge in [0.25, 0.3) is 5.91 Å². The molecule has 0 aliphatic heterocycles. The fraction of sp³-hybridized carbons (Fsp3) is 0. The summed E-state index contributed by atoms with van der Waals surface area (Å²) in [6.45, 7) is 0. The summed E-state index contributed by atoms with van der Waals surface area (Å²) in [6.07, 6.45) is 0. The van der Waals surface area contributed by atoms with E-state index in [4.69, 9.17) is 11.6 Å². The van der Waals surface area contributed by atoms with Crippen LogP contribution in [0.25, 0.3) is 10.6 Å². The summed E-state index contributed by atoms with van der Waals surface area (Å²) in [5.41, 5.74) is 2.60. The number of anilines is 1. The zero-order chi connectivity index (χ0) is 16.4. The maximum absolute atomic E-state index is 13.8. The molecule has 3 rings (SSSR count). The molecule has 0 unspecified atom stereocenters. The zero-order valence-electron chi connectivity index (χ0n) is 11.4. The van der Waals surface area contributed by atoms with Crippen LogP contribution in [0.15, 0.2) is 41.9 Å². The van der Waals surface area contributed by atoms with Crippen LogP contribution in [0.3, 0.4) is 0 Å².